The molecule has 1 saturated heterocycles. The molecule has 0 amide bonds. The smallest absolute Gasteiger partial charge is 0.0558 e. The van der Waals surface area contributed by atoms with Gasteiger partial charge in [-0.05, 0) is 32.2 Å². The number of rotatable bonds is 9. The van der Waals surface area contributed by atoms with Crippen LogP contribution in [-0.2, 0) is 4.74 Å². The van der Waals surface area contributed by atoms with Gasteiger partial charge in [-0.1, -0.05) is 6.92 Å². The van der Waals surface area contributed by atoms with Crippen LogP contribution in [0.5, 0.6) is 0 Å². The van der Waals surface area contributed by atoms with Crippen molar-refractivity contribution in [3.8, 4) is 0 Å². The van der Waals surface area contributed by atoms with Gasteiger partial charge in [0.05, 0.1) is 13.2 Å². The zero-order valence-corrected chi connectivity index (χ0v) is 11.7. The molecule has 1 aliphatic heterocycles. The van der Waals surface area contributed by atoms with Crippen LogP contribution in [0.3, 0.4) is 0 Å². The molecule has 2 fully saturated rings. The molecule has 2 aliphatic rings. The molecule has 1 unspecified atom stereocenters. The fourth-order valence-corrected chi connectivity index (χ4v) is 2.82. The van der Waals surface area contributed by atoms with Gasteiger partial charge in [0.15, 0.2) is 0 Å². The fourth-order valence-electron chi connectivity index (χ4n) is 2.82. The topological polar surface area (TPSA) is 44.7 Å². The highest BCUT2D eigenvalue weighted by atomic mass is 16.5. The van der Waals surface area contributed by atoms with Crippen molar-refractivity contribution in [1.82, 2.24) is 10.2 Å². The van der Waals surface area contributed by atoms with E-state index >= 15 is 0 Å². The van der Waals surface area contributed by atoms with Gasteiger partial charge in [0.25, 0.3) is 0 Å². The first kappa shape index (κ1) is 14.3. The number of nitrogens with zero attached hydrogens (tertiary/aromatic N) is 1. The van der Waals surface area contributed by atoms with Crippen LogP contribution in [0, 0.1) is 5.41 Å². The van der Waals surface area contributed by atoms with Crippen molar-refractivity contribution in [2.24, 2.45) is 5.41 Å². The molecule has 18 heavy (non-hydrogen) atoms. The van der Waals surface area contributed by atoms with Crippen molar-refractivity contribution in [2.45, 2.75) is 38.6 Å². The van der Waals surface area contributed by atoms with E-state index < -0.39 is 0 Å². The molecule has 1 heterocycles. The molecule has 0 aromatic rings. The van der Waals surface area contributed by atoms with Gasteiger partial charge in [0.1, 0.15) is 0 Å². The SMILES string of the molecule is CCCN(CCO)CC1(CNC2CC2)CCOC1. The van der Waals surface area contributed by atoms with Crippen LogP contribution in [0.1, 0.15) is 32.6 Å². The molecule has 1 saturated carbocycles. The molecule has 0 radical (unpaired) electrons. The van der Waals surface area contributed by atoms with Gasteiger partial charge in [-0.3, -0.25) is 0 Å². The van der Waals surface area contributed by atoms with Crippen molar-refractivity contribution >= 4 is 0 Å². The first-order chi connectivity index (χ1) is 8.78. The number of hydrogen-bond donors (Lipinski definition) is 2. The van der Waals surface area contributed by atoms with E-state index in [9.17, 15) is 0 Å². The fraction of sp³-hybridized carbons (Fsp3) is 1.00. The van der Waals surface area contributed by atoms with Crippen molar-refractivity contribution in [3.05, 3.63) is 0 Å². The normalized spacial score (nSPS) is 28.2. The molecule has 4 heteroatoms. The van der Waals surface area contributed by atoms with E-state index in [1.807, 2.05) is 0 Å². The second kappa shape index (κ2) is 6.85. The Morgan fingerprint density at radius 1 is 1.39 bits per heavy atom. The number of ether oxygens (including phenoxy) is 1. The van der Waals surface area contributed by atoms with E-state index in [4.69, 9.17) is 9.84 Å². The zero-order valence-electron chi connectivity index (χ0n) is 11.7. The Labute approximate surface area is 111 Å². The van der Waals surface area contributed by atoms with Gasteiger partial charge in [0, 0.05) is 37.7 Å². The first-order valence-electron chi connectivity index (χ1n) is 7.42. The Morgan fingerprint density at radius 2 is 2.22 bits per heavy atom. The maximum Gasteiger partial charge on any atom is 0.0558 e. The highest BCUT2D eigenvalue weighted by Crippen LogP contribution is 2.31. The Morgan fingerprint density at radius 3 is 2.78 bits per heavy atom. The number of aliphatic hydroxyl groups excluding tert-OH is 1. The third-order valence-electron chi connectivity index (χ3n) is 4.04. The van der Waals surface area contributed by atoms with E-state index in [1.165, 1.54) is 12.8 Å². The standard InChI is InChI=1S/C14H28N2O2/c1-2-6-16(7-8-17)11-14(5-9-18-12-14)10-15-13-3-4-13/h13,15,17H,2-12H2,1H3. The number of aliphatic hydroxyl groups is 1. The van der Waals surface area contributed by atoms with Crippen LogP contribution in [0.4, 0.5) is 0 Å². The lowest BCUT2D eigenvalue weighted by Gasteiger charge is -2.34. The predicted molar refractivity (Wildman–Crippen MR) is 72.7 cm³/mol. The second-order valence-electron chi connectivity index (χ2n) is 5.96. The summed E-state index contributed by atoms with van der Waals surface area (Å²) in [5.41, 5.74) is 0.271. The van der Waals surface area contributed by atoms with E-state index in [1.54, 1.807) is 0 Å². The van der Waals surface area contributed by atoms with Crippen molar-refractivity contribution in [3.63, 3.8) is 0 Å². The lowest BCUT2D eigenvalue weighted by Crippen LogP contribution is -2.46. The zero-order chi connectivity index (χ0) is 12.8. The highest BCUT2D eigenvalue weighted by molar-refractivity contribution is 4.92. The number of hydrogen-bond acceptors (Lipinski definition) is 4. The molecule has 4 nitrogen and oxygen atoms in total. The highest BCUT2D eigenvalue weighted by Gasteiger charge is 2.37. The summed E-state index contributed by atoms with van der Waals surface area (Å²) in [7, 11) is 0. The van der Waals surface area contributed by atoms with E-state index in [2.05, 4.69) is 17.1 Å². The van der Waals surface area contributed by atoms with E-state index in [0.29, 0.717) is 0 Å². The average molecular weight is 256 g/mol. The minimum atomic E-state index is 0.257. The third-order valence-corrected chi connectivity index (χ3v) is 4.04. The maximum absolute atomic E-state index is 9.16. The molecule has 1 aliphatic carbocycles. The Kier molecular flexibility index (Phi) is 5.42. The largest absolute Gasteiger partial charge is 0.395 e. The summed E-state index contributed by atoms with van der Waals surface area (Å²) in [5, 5.41) is 12.8. The molecule has 0 aromatic carbocycles. The van der Waals surface area contributed by atoms with Gasteiger partial charge in [0.2, 0.25) is 0 Å². The summed E-state index contributed by atoms with van der Waals surface area (Å²) in [6.45, 7) is 8.22. The molecule has 0 spiro atoms. The van der Waals surface area contributed by atoms with Crippen LogP contribution in [-0.4, -0.2) is 62.0 Å². The Bertz CT molecular complexity index is 232. The lowest BCUT2D eigenvalue weighted by molar-refractivity contribution is 0.0965. The van der Waals surface area contributed by atoms with Crippen LogP contribution in [0.25, 0.3) is 0 Å². The van der Waals surface area contributed by atoms with Gasteiger partial charge >= 0.3 is 0 Å². The van der Waals surface area contributed by atoms with E-state index in [-0.39, 0.29) is 12.0 Å². The van der Waals surface area contributed by atoms with Crippen LogP contribution < -0.4 is 5.32 Å². The first-order valence-corrected chi connectivity index (χ1v) is 7.42. The quantitative estimate of drug-likeness (QED) is 0.642. The monoisotopic (exact) mass is 256 g/mol. The molecule has 2 N–H and O–H groups in total. The van der Waals surface area contributed by atoms with Gasteiger partial charge < -0.3 is 20.1 Å². The Hall–Kier alpha value is -0.160. The summed E-state index contributed by atoms with van der Waals surface area (Å²) >= 11 is 0. The van der Waals surface area contributed by atoms with E-state index in [0.717, 1.165) is 58.3 Å². The second-order valence-corrected chi connectivity index (χ2v) is 5.96. The molecule has 1 atom stereocenters. The Balaban J connectivity index is 1.85. The molecule has 106 valence electrons. The minimum Gasteiger partial charge on any atom is -0.395 e. The third kappa shape index (κ3) is 4.19. The summed E-state index contributed by atoms with van der Waals surface area (Å²) < 4.78 is 5.64. The summed E-state index contributed by atoms with van der Waals surface area (Å²) in [5.74, 6) is 0. The number of nitrogens with one attached hydrogen (secondary N) is 1. The molecule has 0 bridgehead atoms. The summed E-state index contributed by atoms with van der Waals surface area (Å²) in [6.07, 6.45) is 4.98. The van der Waals surface area contributed by atoms with Crippen LogP contribution in [0.2, 0.25) is 0 Å². The van der Waals surface area contributed by atoms with Gasteiger partial charge in [-0.15, -0.1) is 0 Å². The maximum atomic E-state index is 9.16. The summed E-state index contributed by atoms with van der Waals surface area (Å²) in [6, 6.07) is 0.764. The van der Waals surface area contributed by atoms with Crippen molar-refractivity contribution in [2.75, 3.05) is 46.0 Å². The van der Waals surface area contributed by atoms with Crippen molar-refractivity contribution < 1.29 is 9.84 Å². The summed E-state index contributed by atoms with van der Waals surface area (Å²) in [4.78, 5) is 2.39. The average Bonchev–Trinajstić information content (AvgIpc) is 3.08. The predicted octanol–water partition coefficient (Wildman–Crippen LogP) is 0.849. The molecular weight excluding hydrogens is 228 g/mol. The molecule has 2 rings (SSSR count). The van der Waals surface area contributed by atoms with Gasteiger partial charge in [-0.25, -0.2) is 0 Å². The molecule has 0 aromatic heterocycles. The lowest BCUT2D eigenvalue weighted by atomic mass is 9.86. The van der Waals surface area contributed by atoms with Gasteiger partial charge in [-0.2, -0.15) is 0 Å². The van der Waals surface area contributed by atoms with Crippen LogP contribution >= 0.6 is 0 Å². The molecular formula is C14H28N2O2. The van der Waals surface area contributed by atoms with Crippen molar-refractivity contribution in [1.29, 1.82) is 0 Å². The minimum absolute atomic E-state index is 0.257. The van der Waals surface area contributed by atoms with Crippen LogP contribution in [0.15, 0.2) is 0 Å².